The van der Waals surface area contributed by atoms with Gasteiger partial charge in [-0.3, -0.25) is 4.55 Å². The van der Waals surface area contributed by atoms with Crippen LogP contribution in [0.15, 0.2) is 83.8 Å². The third kappa shape index (κ3) is 6.75. The fraction of sp³-hybridized carbons (Fsp3) is 0.143. The van der Waals surface area contributed by atoms with Gasteiger partial charge in [-0.2, -0.15) is 21.0 Å². The second kappa shape index (κ2) is 9.60. The van der Waals surface area contributed by atoms with Crippen molar-refractivity contribution in [2.24, 2.45) is 0 Å². The summed E-state index contributed by atoms with van der Waals surface area (Å²) in [5.41, 5.74) is 3.07. The summed E-state index contributed by atoms with van der Waals surface area (Å²) >= 11 is 4.54. The molecule has 0 saturated heterocycles. The first-order chi connectivity index (χ1) is 12.8. The molecular weight excluding hydrogens is 380 g/mol. The first kappa shape index (κ1) is 21.0. The van der Waals surface area contributed by atoms with Gasteiger partial charge in [-0.05, 0) is 37.1 Å². The van der Waals surface area contributed by atoms with Crippen LogP contribution in [0, 0.1) is 6.92 Å². The molecule has 0 spiro atoms. The van der Waals surface area contributed by atoms with E-state index in [-0.39, 0.29) is 10.1 Å². The highest BCUT2D eigenvalue weighted by molar-refractivity contribution is 7.85. The third-order valence-corrected chi connectivity index (χ3v) is 5.22. The van der Waals surface area contributed by atoms with Gasteiger partial charge in [0.2, 0.25) is 0 Å². The first-order valence-electron chi connectivity index (χ1n) is 8.31. The molecule has 0 aliphatic rings. The van der Waals surface area contributed by atoms with Crippen LogP contribution >= 0.6 is 12.6 Å². The van der Waals surface area contributed by atoms with E-state index in [0.29, 0.717) is 5.75 Å². The SMILES string of the molecule is Cc1ccc(S(=O)(=O)O)cc1.Oc1ccccc1C(S)Cc1ccccc1. The number of para-hydroxylation sites is 1. The average Bonchev–Trinajstić information content (AvgIpc) is 2.63. The molecule has 3 aromatic rings. The van der Waals surface area contributed by atoms with E-state index in [1.165, 1.54) is 17.7 Å². The van der Waals surface area contributed by atoms with Crippen LogP contribution in [0.3, 0.4) is 0 Å². The number of rotatable bonds is 4. The molecule has 2 N–H and O–H groups in total. The molecule has 1 atom stereocenters. The number of benzene rings is 3. The Labute approximate surface area is 165 Å². The molecule has 0 bridgehead atoms. The Morgan fingerprint density at radius 3 is 2.00 bits per heavy atom. The Balaban J connectivity index is 0.000000208. The fourth-order valence-corrected chi connectivity index (χ4v) is 3.34. The Morgan fingerprint density at radius 2 is 1.44 bits per heavy atom. The molecule has 3 aromatic carbocycles. The zero-order chi connectivity index (χ0) is 19.9. The lowest BCUT2D eigenvalue weighted by Gasteiger charge is -2.12. The maximum Gasteiger partial charge on any atom is 0.294 e. The number of aromatic hydroxyl groups is 1. The first-order valence-corrected chi connectivity index (χ1v) is 10.3. The van der Waals surface area contributed by atoms with Gasteiger partial charge in [-0.1, -0.05) is 66.2 Å². The molecule has 4 nitrogen and oxygen atoms in total. The van der Waals surface area contributed by atoms with Crippen molar-refractivity contribution in [2.45, 2.75) is 23.5 Å². The van der Waals surface area contributed by atoms with E-state index in [2.05, 4.69) is 24.8 Å². The lowest BCUT2D eigenvalue weighted by Crippen LogP contribution is -1.96. The summed E-state index contributed by atoms with van der Waals surface area (Å²) in [6.45, 7) is 1.84. The van der Waals surface area contributed by atoms with Crippen molar-refractivity contribution in [1.82, 2.24) is 0 Å². The van der Waals surface area contributed by atoms with Crippen molar-refractivity contribution in [2.75, 3.05) is 0 Å². The molecule has 3 rings (SSSR count). The second-order valence-corrected chi connectivity index (χ2v) is 8.10. The molecule has 0 aliphatic heterocycles. The number of phenols is 1. The molecular formula is C21H22O4S2. The van der Waals surface area contributed by atoms with Crippen LogP contribution in [0.1, 0.15) is 21.9 Å². The van der Waals surface area contributed by atoms with E-state index in [1.54, 1.807) is 18.2 Å². The average molecular weight is 403 g/mol. The van der Waals surface area contributed by atoms with Crippen molar-refractivity contribution in [3.05, 3.63) is 95.6 Å². The van der Waals surface area contributed by atoms with Crippen molar-refractivity contribution < 1.29 is 18.1 Å². The lowest BCUT2D eigenvalue weighted by molar-refractivity contribution is 0.467. The summed E-state index contributed by atoms with van der Waals surface area (Å²) in [4.78, 5) is -0.0666. The highest BCUT2D eigenvalue weighted by Crippen LogP contribution is 2.30. The minimum absolute atomic E-state index is 0.0311. The predicted octanol–water partition coefficient (Wildman–Crippen LogP) is 4.85. The third-order valence-electron chi connectivity index (χ3n) is 3.89. The summed E-state index contributed by atoms with van der Waals surface area (Å²) in [5, 5.41) is 9.74. The minimum Gasteiger partial charge on any atom is -0.508 e. The number of hydrogen-bond donors (Lipinski definition) is 3. The van der Waals surface area contributed by atoms with Gasteiger partial charge < -0.3 is 5.11 Å². The maximum atomic E-state index is 10.5. The van der Waals surface area contributed by atoms with Crippen molar-refractivity contribution >= 4 is 22.7 Å². The van der Waals surface area contributed by atoms with Gasteiger partial charge in [0.25, 0.3) is 10.1 Å². The van der Waals surface area contributed by atoms with Gasteiger partial charge >= 0.3 is 0 Å². The Bertz CT molecular complexity index is 953. The molecule has 6 heteroatoms. The maximum absolute atomic E-state index is 10.5. The van der Waals surface area contributed by atoms with Gasteiger partial charge in [-0.25, -0.2) is 0 Å². The van der Waals surface area contributed by atoms with Crippen LogP contribution in [0.5, 0.6) is 5.75 Å². The molecule has 142 valence electrons. The lowest BCUT2D eigenvalue weighted by atomic mass is 10.0. The van der Waals surface area contributed by atoms with E-state index < -0.39 is 10.1 Å². The molecule has 0 aromatic heterocycles. The summed E-state index contributed by atoms with van der Waals surface area (Å²) in [6, 6.07) is 23.5. The van der Waals surface area contributed by atoms with E-state index in [1.807, 2.05) is 43.3 Å². The van der Waals surface area contributed by atoms with Crippen molar-refractivity contribution in [1.29, 1.82) is 0 Å². The van der Waals surface area contributed by atoms with Gasteiger partial charge in [0.05, 0.1) is 4.90 Å². The predicted molar refractivity (Wildman–Crippen MR) is 111 cm³/mol. The van der Waals surface area contributed by atoms with Crippen LogP contribution < -0.4 is 0 Å². The van der Waals surface area contributed by atoms with Gasteiger partial charge in [-0.15, -0.1) is 0 Å². The van der Waals surface area contributed by atoms with E-state index in [4.69, 9.17) is 4.55 Å². The van der Waals surface area contributed by atoms with Crippen LogP contribution in [-0.4, -0.2) is 18.1 Å². The molecule has 0 amide bonds. The molecule has 0 aliphatic carbocycles. The van der Waals surface area contributed by atoms with Gasteiger partial charge in [0.15, 0.2) is 0 Å². The number of thiol groups is 1. The summed E-state index contributed by atoms with van der Waals surface area (Å²) in [6.07, 6.45) is 0.821. The van der Waals surface area contributed by atoms with E-state index >= 15 is 0 Å². The summed E-state index contributed by atoms with van der Waals surface area (Å²) < 4.78 is 29.6. The number of aryl methyl sites for hydroxylation is 1. The van der Waals surface area contributed by atoms with Gasteiger partial charge in [0, 0.05) is 10.8 Å². The highest BCUT2D eigenvalue weighted by atomic mass is 32.2. The minimum atomic E-state index is -4.02. The molecule has 1 unspecified atom stereocenters. The van der Waals surface area contributed by atoms with Crippen LogP contribution in [0.25, 0.3) is 0 Å². The largest absolute Gasteiger partial charge is 0.508 e. The van der Waals surface area contributed by atoms with Crippen molar-refractivity contribution in [3.63, 3.8) is 0 Å². The monoisotopic (exact) mass is 402 g/mol. The molecule has 0 fully saturated rings. The van der Waals surface area contributed by atoms with Crippen LogP contribution in [0.4, 0.5) is 0 Å². The molecule has 27 heavy (non-hydrogen) atoms. The quantitative estimate of drug-likeness (QED) is 0.431. The van der Waals surface area contributed by atoms with Crippen LogP contribution in [0.2, 0.25) is 0 Å². The Kier molecular flexibility index (Phi) is 7.47. The van der Waals surface area contributed by atoms with E-state index in [0.717, 1.165) is 17.5 Å². The van der Waals surface area contributed by atoms with Crippen molar-refractivity contribution in [3.8, 4) is 5.75 Å². The topological polar surface area (TPSA) is 74.6 Å². The second-order valence-electron chi connectivity index (χ2n) is 6.05. The smallest absolute Gasteiger partial charge is 0.294 e. The highest BCUT2D eigenvalue weighted by Gasteiger charge is 2.11. The summed E-state index contributed by atoms with van der Waals surface area (Å²) in [7, 11) is -4.02. The van der Waals surface area contributed by atoms with Gasteiger partial charge in [0.1, 0.15) is 5.75 Å². The number of phenolic OH excluding ortho intramolecular Hbond substituents is 1. The summed E-state index contributed by atoms with van der Waals surface area (Å²) in [5.74, 6) is 0.318. The zero-order valence-corrected chi connectivity index (χ0v) is 16.6. The standard InChI is InChI=1S/C14H14OS.C7H8O3S/c15-13-9-5-4-8-12(13)14(16)10-11-6-2-1-3-7-11;1-6-2-4-7(5-3-6)11(8,9)10/h1-9,14-16H,10H2;2-5H,1H3,(H,8,9,10). The Morgan fingerprint density at radius 1 is 0.889 bits per heavy atom. The normalized spacial score (nSPS) is 12.0. The molecule has 0 heterocycles. The van der Waals surface area contributed by atoms with E-state index in [9.17, 15) is 13.5 Å². The fourth-order valence-electron chi connectivity index (χ4n) is 2.43. The molecule has 0 saturated carbocycles. The molecule has 0 radical (unpaired) electrons. The van der Waals surface area contributed by atoms with Crippen LogP contribution in [-0.2, 0) is 16.5 Å². The Hall–Kier alpha value is -2.28. The zero-order valence-electron chi connectivity index (χ0n) is 14.9. The number of hydrogen-bond acceptors (Lipinski definition) is 4.